The van der Waals surface area contributed by atoms with E-state index in [4.69, 9.17) is 4.74 Å². The van der Waals surface area contributed by atoms with Crippen LogP contribution in [0.1, 0.15) is 31.9 Å². The number of ether oxygens (including phenoxy) is 1. The van der Waals surface area contributed by atoms with Gasteiger partial charge in [-0.15, -0.1) is 0 Å². The maximum absolute atomic E-state index is 14.2. The summed E-state index contributed by atoms with van der Waals surface area (Å²) in [7, 11) is 0. The fraction of sp³-hybridized carbons (Fsp3) is 0.375. The summed E-state index contributed by atoms with van der Waals surface area (Å²) in [5.74, 6) is -0.308. The molecule has 6 heteroatoms. The van der Waals surface area contributed by atoms with E-state index in [0.29, 0.717) is 17.9 Å². The van der Waals surface area contributed by atoms with Crippen molar-refractivity contribution in [2.24, 2.45) is 5.92 Å². The standard InChI is InChI=1S/C16H19FN2O3/c1-10(2)9-22-16(21)19-11-3-4-13(14(17)7-11)15-8-12(20)5-6-18-15/h3-7,10,15,18H,8-9H2,1-2H3,(H,19,21). The molecular weight excluding hydrogens is 287 g/mol. The minimum absolute atomic E-state index is 0.0531. The molecule has 1 aromatic rings. The maximum Gasteiger partial charge on any atom is 0.411 e. The zero-order valence-corrected chi connectivity index (χ0v) is 12.6. The molecule has 1 aromatic carbocycles. The van der Waals surface area contributed by atoms with Crippen LogP contribution in [0.15, 0.2) is 30.5 Å². The van der Waals surface area contributed by atoms with Crippen molar-refractivity contribution in [2.75, 3.05) is 11.9 Å². The first kappa shape index (κ1) is 16.0. The summed E-state index contributed by atoms with van der Waals surface area (Å²) in [6, 6.07) is 3.97. The summed E-state index contributed by atoms with van der Waals surface area (Å²) in [6.07, 6.45) is 2.53. The van der Waals surface area contributed by atoms with E-state index in [1.165, 1.54) is 18.3 Å². The monoisotopic (exact) mass is 306 g/mol. The largest absolute Gasteiger partial charge is 0.449 e. The lowest BCUT2D eigenvalue weighted by atomic mass is 9.98. The van der Waals surface area contributed by atoms with E-state index < -0.39 is 11.9 Å². The third kappa shape index (κ3) is 4.31. The zero-order chi connectivity index (χ0) is 16.1. The quantitative estimate of drug-likeness (QED) is 0.896. The van der Waals surface area contributed by atoms with Crippen LogP contribution in [0.2, 0.25) is 0 Å². The zero-order valence-electron chi connectivity index (χ0n) is 12.6. The molecule has 0 saturated carbocycles. The molecule has 0 radical (unpaired) electrons. The molecule has 0 aromatic heterocycles. The van der Waals surface area contributed by atoms with Crippen LogP contribution in [0, 0.1) is 11.7 Å². The van der Waals surface area contributed by atoms with Gasteiger partial charge in [0.2, 0.25) is 0 Å². The Hall–Kier alpha value is -2.37. The van der Waals surface area contributed by atoms with Crippen LogP contribution in [0.4, 0.5) is 14.9 Å². The molecule has 118 valence electrons. The number of carbonyl (C=O) groups is 2. The summed E-state index contributed by atoms with van der Waals surface area (Å²) in [4.78, 5) is 22.9. The SMILES string of the molecule is CC(C)COC(=O)Nc1ccc(C2CC(=O)C=CN2)c(F)c1. The number of hydrogen-bond acceptors (Lipinski definition) is 4. The molecule has 5 nitrogen and oxygen atoms in total. The Morgan fingerprint density at radius 1 is 1.50 bits per heavy atom. The van der Waals surface area contributed by atoms with Crippen molar-refractivity contribution in [3.8, 4) is 0 Å². The first-order chi connectivity index (χ1) is 10.5. The fourth-order valence-electron chi connectivity index (χ4n) is 2.07. The van der Waals surface area contributed by atoms with Crippen LogP contribution in [-0.4, -0.2) is 18.5 Å². The Bertz CT molecular complexity index is 599. The molecule has 1 heterocycles. The molecule has 1 atom stereocenters. The van der Waals surface area contributed by atoms with Crippen molar-refractivity contribution in [3.05, 3.63) is 41.9 Å². The lowest BCUT2D eigenvalue weighted by Crippen LogP contribution is -2.24. The second-order valence-corrected chi connectivity index (χ2v) is 5.58. The maximum atomic E-state index is 14.2. The summed E-state index contributed by atoms with van der Waals surface area (Å²) in [6.45, 7) is 4.15. The van der Waals surface area contributed by atoms with Gasteiger partial charge in [-0.2, -0.15) is 0 Å². The highest BCUT2D eigenvalue weighted by atomic mass is 19.1. The summed E-state index contributed by atoms with van der Waals surface area (Å²) < 4.78 is 19.1. The Morgan fingerprint density at radius 3 is 2.91 bits per heavy atom. The molecule has 1 aliphatic rings. The van der Waals surface area contributed by atoms with Crippen LogP contribution >= 0.6 is 0 Å². The van der Waals surface area contributed by atoms with Gasteiger partial charge in [0.15, 0.2) is 5.78 Å². The smallest absolute Gasteiger partial charge is 0.411 e. The van der Waals surface area contributed by atoms with Crippen molar-refractivity contribution >= 4 is 17.6 Å². The highest BCUT2D eigenvalue weighted by Gasteiger charge is 2.20. The van der Waals surface area contributed by atoms with E-state index in [2.05, 4.69) is 10.6 Å². The topological polar surface area (TPSA) is 67.4 Å². The van der Waals surface area contributed by atoms with Crippen LogP contribution < -0.4 is 10.6 Å². The van der Waals surface area contributed by atoms with E-state index in [1.54, 1.807) is 12.1 Å². The van der Waals surface area contributed by atoms with Crippen molar-refractivity contribution in [1.29, 1.82) is 0 Å². The van der Waals surface area contributed by atoms with Gasteiger partial charge in [0.05, 0.1) is 12.6 Å². The third-order valence-corrected chi connectivity index (χ3v) is 3.14. The van der Waals surface area contributed by atoms with E-state index in [0.717, 1.165) is 0 Å². The second kappa shape index (κ2) is 7.06. The van der Waals surface area contributed by atoms with Crippen LogP contribution in [-0.2, 0) is 9.53 Å². The number of anilines is 1. The first-order valence-corrected chi connectivity index (χ1v) is 7.14. The lowest BCUT2D eigenvalue weighted by molar-refractivity contribution is -0.115. The Morgan fingerprint density at radius 2 is 2.27 bits per heavy atom. The molecule has 0 aliphatic carbocycles. The number of amides is 1. The Balaban J connectivity index is 2.02. The van der Waals surface area contributed by atoms with E-state index in [1.807, 2.05) is 13.8 Å². The van der Waals surface area contributed by atoms with Gasteiger partial charge < -0.3 is 10.1 Å². The Labute approximate surface area is 128 Å². The molecule has 0 saturated heterocycles. The fourth-order valence-corrected chi connectivity index (χ4v) is 2.07. The van der Waals surface area contributed by atoms with E-state index in [-0.39, 0.29) is 24.2 Å². The highest BCUT2D eigenvalue weighted by molar-refractivity contribution is 5.91. The molecule has 1 unspecified atom stereocenters. The molecule has 0 spiro atoms. The normalized spacial score (nSPS) is 17.3. The lowest BCUT2D eigenvalue weighted by Gasteiger charge is -2.20. The van der Waals surface area contributed by atoms with Gasteiger partial charge in [-0.05, 0) is 24.1 Å². The molecular formula is C16H19FN2O3. The van der Waals surface area contributed by atoms with Crippen molar-refractivity contribution < 1.29 is 18.7 Å². The second-order valence-electron chi connectivity index (χ2n) is 5.58. The van der Waals surface area contributed by atoms with Gasteiger partial charge >= 0.3 is 6.09 Å². The molecule has 0 fully saturated rings. The number of nitrogens with one attached hydrogen (secondary N) is 2. The molecule has 2 rings (SSSR count). The number of rotatable bonds is 4. The summed E-state index contributed by atoms with van der Waals surface area (Å²) in [5.41, 5.74) is 0.700. The van der Waals surface area contributed by atoms with Crippen molar-refractivity contribution in [2.45, 2.75) is 26.3 Å². The minimum atomic E-state index is -0.616. The first-order valence-electron chi connectivity index (χ1n) is 7.14. The highest BCUT2D eigenvalue weighted by Crippen LogP contribution is 2.25. The van der Waals surface area contributed by atoms with E-state index in [9.17, 15) is 14.0 Å². The molecule has 1 amide bonds. The average Bonchev–Trinajstić information content (AvgIpc) is 2.45. The van der Waals surface area contributed by atoms with E-state index >= 15 is 0 Å². The summed E-state index contributed by atoms with van der Waals surface area (Å²) >= 11 is 0. The van der Waals surface area contributed by atoms with Crippen molar-refractivity contribution in [1.82, 2.24) is 5.32 Å². The van der Waals surface area contributed by atoms with Gasteiger partial charge in [0.1, 0.15) is 5.82 Å². The number of halogens is 1. The van der Waals surface area contributed by atoms with Gasteiger partial charge in [0, 0.05) is 23.9 Å². The Kier molecular flexibility index (Phi) is 5.14. The molecule has 0 bridgehead atoms. The van der Waals surface area contributed by atoms with Crippen molar-refractivity contribution in [3.63, 3.8) is 0 Å². The van der Waals surface area contributed by atoms with Crippen LogP contribution in [0.3, 0.4) is 0 Å². The van der Waals surface area contributed by atoms with Gasteiger partial charge in [-0.25, -0.2) is 9.18 Å². The summed E-state index contributed by atoms with van der Waals surface area (Å²) in [5, 5.41) is 5.42. The number of ketones is 1. The van der Waals surface area contributed by atoms with Gasteiger partial charge in [0.25, 0.3) is 0 Å². The van der Waals surface area contributed by atoms with Gasteiger partial charge in [-0.1, -0.05) is 19.9 Å². The predicted octanol–water partition coefficient (Wildman–Crippen LogP) is 3.15. The molecule has 22 heavy (non-hydrogen) atoms. The van der Waals surface area contributed by atoms with Crippen LogP contribution in [0.5, 0.6) is 0 Å². The minimum Gasteiger partial charge on any atom is -0.449 e. The predicted molar refractivity (Wildman–Crippen MR) is 80.8 cm³/mol. The molecule has 2 N–H and O–H groups in total. The number of allylic oxidation sites excluding steroid dienone is 1. The van der Waals surface area contributed by atoms with Gasteiger partial charge in [-0.3, -0.25) is 10.1 Å². The number of benzene rings is 1. The van der Waals surface area contributed by atoms with Crippen LogP contribution in [0.25, 0.3) is 0 Å². The third-order valence-electron chi connectivity index (χ3n) is 3.14. The average molecular weight is 306 g/mol. The number of carbonyl (C=O) groups excluding carboxylic acids is 2. The number of hydrogen-bond donors (Lipinski definition) is 2. The molecule has 1 aliphatic heterocycles.